The third-order valence-corrected chi connectivity index (χ3v) is 4.85. The SMILES string of the molecule is CCCNC(=O)CN(CCC)C(=O)c1cc(S(=O)(=O)NC)cn1C. The van der Waals surface area contributed by atoms with Crippen molar-refractivity contribution in [2.24, 2.45) is 7.05 Å². The Morgan fingerprint density at radius 3 is 2.46 bits per heavy atom. The van der Waals surface area contributed by atoms with Gasteiger partial charge in [0.15, 0.2) is 0 Å². The molecule has 24 heavy (non-hydrogen) atoms. The van der Waals surface area contributed by atoms with Gasteiger partial charge in [-0.2, -0.15) is 0 Å². The first-order chi connectivity index (χ1) is 11.3. The predicted octanol–water partition coefficient (Wildman–Crippen LogP) is 0.312. The summed E-state index contributed by atoms with van der Waals surface area (Å²) < 4.78 is 27.4. The van der Waals surface area contributed by atoms with Gasteiger partial charge in [-0.25, -0.2) is 13.1 Å². The van der Waals surface area contributed by atoms with Crippen LogP contribution in [0, 0.1) is 0 Å². The van der Waals surface area contributed by atoms with Crippen molar-refractivity contribution in [1.82, 2.24) is 19.5 Å². The van der Waals surface area contributed by atoms with Crippen LogP contribution in [0.15, 0.2) is 17.2 Å². The van der Waals surface area contributed by atoms with Crippen molar-refractivity contribution >= 4 is 21.8 Å². The second kappa shape index (κ2) is 8.84. The van der Waals surface area contributed by atoms with E-state index in [2.05, 4.69) is 10.0 Å². The van der Waals surface area contributed by atoms with E-state index in [-0.39, 0.29) is 28.9 Å². The summed E-state index contributed by atoms with van der Waals surface area (Å²) in [6, 6.07) is 1.32. The fraction of sp³-hybridized carbons (Fsp3) is 0.600. The number of aryl methyl sites for hydroxylation is 1. The van der Waals surface area contributed by atoms with E-state index in [1.807, 2.05) is 13.8 Å². The molecule has 0 spiro atoms. The lowest BCUT2D eigenvalue weighted by Gasteiger charge is -2.21. The van der Waals surface area contributed by atoms with Gasteiger partial charge >= 0.3 is 0 Å². The molecule has 0 fully saturated rings. The summed E-state index contributed by atoms with van der Waals surface area (Å²) in [6.45, 7) is 4.78. The standard InChI is InChI=1S/C15H26N4O4S/c1-5-7-17-14(20)11-19(8-6-2)15(21)13-9-12(10-18(13)4)24(22,23)16-3/h9-10,16H,5-8,11H2,1-4H3,(H,17,20). The van der Waals surface area contributed by atoms with Crippen molar-refractivity contribution in [1.29, 1.82) is 0 Å². The van der Waals surface area contributed by atoms with Crippen LogP contribution in [-0.2, 0) is 21.9 Å². The fourth-order valence-electron chi connectivity index (χ4n) is 2.19. The van der Waals surface area contributed by atoms with Crippen LogP contribution in [0.4, 0.5) is 0 Å². The minimum atomic E-state index is -3.63. The molecule has 0 aromatic carbocycles. The fourth-order valence-corrected chi connectivity index (χ4v) is 2.99. The number of carbonyl (C=O) groups excluding carboxylic acids is 2. The molecule has 136 valence electrons. The third-order valence-electron chi connectivity index (χ3n) is 3.47. The topological polar surface area (TPSA) is 101 Å². The normalized spacial score (nSPS) is 11.3. The third kappa shape index (κ3) is 5.07. The molecule has 2 amide bonds. The number of aromatic nitrogens is 1. The van der Waals surface area contributed by atoms with Gasteiger partial charge in [0.05, 0.1) is 6.54 Å². The van der Waals surface area contributed by atoms with Crippen molar-refractivity contribution in [3.63, 3.8) is 0 Å². The molecule has 0 aliphatic heterocycles. The quantitative estimate of drug-likeness (QED) is 0.663. The summed E-state index contributed by atoms with van der Waals surface area (Å²) in [7, 11) is -0.716. The van der Waals surface area contributed by atoms with Gasteiger partial charge in [-0.3, -0.25) is 9.59 Å². The lowest BCUT2D eigenvalue weighted by Crippen LogP contribution is -2.41. The van der Waals surface area contributed by atoms with Gasteiger partial charge in [-0.15, -0.1) is 0 Å². The summed E-state index contributed by atoms with van der Waals surface area (Å²) >= 11 is 0. The van der Waals surface area contributed by atoms with Crippen LogP contribution in [0.5, 0.6) is 0 Å². The van der Waals surface area contributed by atoms with Gasteiger partial charge in [0.25, 0.3) is 5.91 Å². The molecule has 0 unspecified atom stereocenters. The van der Waals surface area contributed by atoms with E-state index in [0.29, 0.717) is 19.5 Å². The molecular weight excluding hydrogens is 332 g/mol. The van der Waals surface area contributed by atoms with E-state index in [9.17, 15) is 18.0 Å². The summed E-state index contributed by atoms with van der Waals surface area (Å²) in [5.74, 6) is -0.598. The molecule has 1 aromatic heterocycles. The Bertz CT molecular complexity index is 682. The van der Waals surface area contributed by atoms with Crippen molar-refractivity contribution in [2.75, 3.05) is 26.7 Å². The maximum atomic E-state index is 12.7. The molecule has 8 nitrogen and oxygen atoms in total. The van der Waals surface area contributed by atoms with Crippen LogP contribution in [0.25, 0.3) is 0 Å². The zero-order valence-electron chi connectivity index (χ0n) is 14.6. The molecule has 9 heteroatoms. The first-order valence-corrected chi connectivity index (χ1v) is 9.41. The van der Waals surface area contributed by atoms with Crippen LogP contribution < -0.4 is 10.0 Å². The summed E-state index contributed by atoms with van der Waals surface area (Å²) in [4.78, 5) is 26.0. The minimum absolute atomic E-state index is 0.0164. The number of nitrogens with one attached hydrogen (secondary N) is 2. The molecule has 0 radical (unpaired) electrons. The van der Waals surface area contributed by atoms with Crippen LogP contribution in [0.1, 0.15) is 37.2 Å². The molecule has 1 heterocycles. The molecular formula is C15H26N4O4S. The Labute approximate surface area is 143 Å². The molecule has 0 saturated heterocycles. The molecule has 0 bridgehead atoms. The zero-order chi connectivity index (χ0) is 18.3. The van der Waals surface area contributed by atoms with Gasteiger partial charge in [0.2, 0.25) is 15.9 Å². The molecule has 0 aliphatic carbocycles. The monoisotopic (exact) mass is 358 g/mol. The van der Waals surface area contributed by atoms with E-state index < -0.39 is 10.0 Å². The lowest BCUT2D eigenvalue weighted by atomic mass is 10.3. The van der Waals surface area contributed by atoms with Crippen LogP contribution >= 0.6 is 0 Å². The van der Waals surface area contributed by atoms with Crippen molar-refractivity contribution in [3.8, 4) is 0 Å². The van der Waals surface area contributed by atoms with Gasteiger partial charge < -0.3 is 14.8 Å². The Morgan fingerprint density at radius 1 is 1.25 bits per heavy atom. The highest BCUT2D eigenvalue weighted by Crippen LogP contribution is 2.15. The van der Waals surface area contributed by atoms with Gasteiger partial charge in [-0.1, -0.05) is 13.8 Å². The summed E-state index contributed by atoms with van der Waals surface area (Å²) in [6.07, 6.45) is 2.88. The molecule has 0 saturated carbocycles. The highest BCUT2D eigenvalue weighted by atomic mass is 32.2. The first-order valence-electron chi connectivity index (χ1n) is 7.92. The smallest absolute Gasteiger partial charge is 0.270 e. The van der Waals surface area contributed by atoms with Gasteiger partial charge in [-0.05, 0) is 26.0 Å². The number of nitrogens with zero attached hydrogens (tertiary/aromatic N) is 2. The number of hydrogen-bond donors (Lipinski definition) is 2. The first kappa shape index (κ1) is 20.2. The molecule has 1 rings (SSSR count). The highest BCUT2D eigenvalue weighted by Gasteiger charge is 2.24. The summed E-state index contributed by atoms with van der Waals surface area (Å²) in [5.41, 5.74) is 0.223. The van der Waals surface area contributed by atoms with Gasteiger partial charge in [0.1, 0.15) is 10.6 Å². The second-order valence-electron chi connectivity index (χ2n) is 5.46. The lowest BCUT2D eigenvalue weighted by molar-refractivity contribution is -0.121. The van der Waals surface area contributed by atoms with E-state index in [0.717, 1.165) is 6.42 Å². The molecule has 0 aliphatic rings. The van der Waals surface area contributed by atoms with Gasteiger partial charge in [0, 0.05) is 26.3 Å². The van der Waals surface area contributed by atoms with Crippen LogP contribution in [0.2, 0.25) is 0 Å². The van der Waals surface area contributed by atoms with Crippen molar-refractivity contribution in [2.45, 2.75) is 31.6 Å². The van der Waals surface area contributed by atoms with E-state index >= 15 is 0 Å². The van der Waals surface area contributed by atoms with Crippen molar-refractivity contribution in [3.05, 3.63) is 18.0 Å². The number of carbonyl (C=O) groups is 2. The minimum Gasteiger partial charge on any atom is -0.355 e. The zero-order valence-corrected chi connectivity index (χ0v) is 15.4. The Balaban J connectivity index is 3.01. The number of amides is 2. The largest absolute Gasteiger partial charge is 0.355 e. The Hall–Kier alpha value is -1.87. The average Bonchev–Trinajstić information content (AvgIpc) is 2.94. The van der Waals surface area contributed by atoms with Crippen molar-refractivity contribution < 1.29 is 18.0 Å². The highest BCUT2D eigenvalue weighted by molar-refractivity contribution is 7.89. The number of rotatable bonds is 9. The average molecular weight is 358 g/mol. The van der Waals surface area contributed by atoms with E-state index in [4.69, 9.17) is 0 Å². The van der Waals surface area contributed by atoms with Crippen LogP contribution in [-0.4, -0.2) is 56.4 Å². The predicted molar refractivity (Wildman–Crippen MR) is 91.2 cm³/mol. The molecule has 1 aromatic rings. The molecule has 2 N–H and O–H groups in total. The Morgan fingerprint density at radius 2 is 1.92 bits per heavy atom. The second-order valence-corrected chi connectivity index (χ2v) is 7.34. The maximum Gasteiger partial charge on any atom is 0.270 e. The number of sulfonamides is 1. The van der Waals surface area contributed by atoms with E-state index in [1.165, 1.54) is 28.8 Å². The molecule has 0 atom stereocenters. The van der Waals surface area contributed by atoms with E-state index in [1.54, 1.807) is 7.05 Å². The summed E-state index contributed by atoms with van der Waals surface area (Å²) in [5, 5.41) is 2.74. The number of hydrogen-bond acceptors (Lipinski definition) is 4. The Kier molecular flexibility index (Phi) is 7.43. The van der Waals surface area contributed by atoms with Crippen LogP contribution in [0.3, 0.4) is 0 Å². The maximum absolute atomic E-state index is 12.7.